The highest BCUT2D eigenvalue weighted by Crippen LogP contribution is 2.06. The van der Waals surface area contributed by atoms with Gasteiger partial charge in [0.15, 0.2) is 0 Å². The molecule has 3 N–H and O–H groups in total. The summed E-state index contributed by atoms with van der Waals surface area (Å²) in [5.74, 6) is -0.187. The highest BCUT2D eigenvalue weighted by atomic mass is 16.6. The predicted octanol–water partition coefficient (Wildman–Crippen LogP) is -0.794. The van der Waals surface area contributed by atoms with E-state index >= 15 is 0 Å². The van der Waals surface area contributed by atoms with Crippen LogP contribution in [-0.2, 0) is 90.2 Å². The molecule has 360 valence electrons. The Hall–Kier alpha value is -2.16. The lowest BCUT2D eigenvalue weighted by molar-refractivity contribution is -0.122. The molecular formula is C40H76N2O19. The fraction of sp³-hybridized carbons (Fsp3) is 0.900. The molecule has 21 heteroatoms. The van der Waals surface area contributed by atoms with E-state index in [1.54, 1.807) is 0 Å². The number of carbonyl (C=O) groups is 4. The van der Waals surface area contributed by atoms with Gasteiger partial charge in [0.25, 0.3) is 0 Å². The van der Waals surface area contributed by atoms with E-state index in [4.69, 9.17) is 76.8 Å². The van der Waals surface area contributed by atoms with Gasteiger partial charge in [-0.3, -0.25) is 4.79 Å². The summed E-state index contributed by atoms with van der Waals surface area (Å²) in [6, 6.07) is 0. The van der Waals surface area contributed by atoms with Crippen molar-refractivity contribution in [1.82, 2.24) is 5.32 Å². The van der Waals surface area contributed by atoms with E-state index in [0.29, 0.717) is 172 Å². The van der Waals surface area contributed by atoms with Crippen molar-refractivity contribution >= 4 is 24.8 Å². The fourth-order valence-corrected chi connectivity index (χ4v) is 4.38. The van der Waals surface area contributed by atoms with Gasteiger partial charge < -0.3 is 96.5 Å². The van der Waals surface area contributed by atoms with E-state index in [1.807, 2.05) is 0 Å². The maximum Gasteiger partial charge on any atom is 0.222 e. The minimum Gasteiger partial charge on any atom is -0.379 e. The first-order valence-corrected chi connectivity index (χ1v) is 21.1. The summed E-state index contributed by atoms with van der Waals surface area (Å²) in [6.07, 6.45) is 3.39. The normalized spacial score (nSPS) is 11.6. The number of nitrogens with one attached hydrogen (secondary N) is 1. The summed E-state index contributed by atoms with van der Waals surface area (Å²) in [6.45, 7) is 12.2. The molecule has 0 saturated heterocycles. The zero-order chi connectivity index (χ0) is 44.3. The molecule has 0 atom stereocenters. The Morgan fingerprint density at radius 3 is 0.852 bits per heavy atom. The number of ether oxygens (including phenoxy) is 15. The van der Waals surface area contributed by atoms with Crippen molar-refractivity contribution in [2.75, 3.05) is 205 Å². The van der Waals surface area contributed by atoms with Crippen LogP contribution in [0, 0.1) is 0 Å². The molecular weight excluding hydrogens is 812 g/mol. The maximum absolute atomic E-state index is 12.1. The Balaban J connectivity index is 3.32. The van der Waals surface area contributed by atoms with E-state index < -0.39 is 5.54 Å². The number of hydrogen-bond acceptors (Lipinski definition) is 20. The highest BCUT2D eigenvalue weighted by Gasteiger charge is 2.26. The van der Waals surface area contributed by atoms with Crippen molar-refractivity contribution in [3.8, 4) is 0 Å². The average molecular weight is 889 g/mol. The van der Waals surface area contributed by atoms with Gasteiger partial charge >= 0.3 is 0 Å². The fourth-order valence-electron chi connectivity index (χ4n) is 4.38. The Morgan fingerprint density at radius 2 is 0.574 bits per heavy atom. The molecule has 0 aromatic carbocycles. The van der Waals surface area contributed by atoms with Gasteiger partial charge in [0, 0.05) is 32.2 Å². The Bertz CT molecular complexity index is 927. The van der Waals surface area contributed by atoms with Crippen LogP contribution in [0.1, 0.15) is 25.7 Å². The molecule has 0 aromatic rings. The summed E-state index contributed by atoms with van der Waals surface area (Å²) in [5.41, 5.74) is 5.34. The minimum atomic E-state index is -0.976. The second-order valence-corrected chi connectivity index (χ2v) is 12.8. The van der Waals surface area contributed by atoms with Crippen molar-refractivity contribution in [2.45, 2.75) is 31.2 Å². The number of aldehydes is 3. The zero-order valence-corrected chi connectivity index (χ0v) is 36.3. The third-order valence-electron chi connectivity index (χ3n) is 7.44. The first-order valence-electron chi connectivity index (χ1n) is 21.1. The standard InChI is InChI=1S/C40H76N2O19/c41-40(36-59-10-2-7-44,37-60-11-3-8-45)38-61-12-4-39(46)42-5-13-48-15-17-50-19-21-52-23-25-54-27-29-56-31-33-58-35-34-57-32-30-55-28-26-53-24-22-51-20-18-49-16-14-47-9-1-6-43/h6-8H,1-5,9-38,41H2,(H,42,46). The molecule has 0 saturated carbocycles. The van der Waals surface area contributed by atoms with Gasteiger partial charge in [-0.1, -0.05) is 0 Å². The molecule has 61 heavy (non-hydrogen) atoms. The second kappa shape index (κ2) is 50.5. The van der Waals surface area contributed by atoms with Crippen LogP contribution in [0.3, 0.4) is 0 Å². The molecule has 1 amide bonds. The van der Waals surface area contributed by atoms with Crippen LogP contribution in [0.4, 0.5) is 0 Å². The van der Waals surface area contributed by atoms with Crippen molar-refractivity contribution in [2.24, 2.45) is 5.73 Å². The molecule has 0 fully saturated rings. The van der Waals surface area contributed by atoms with E-state index in [-0.39, 0.29) is 64.8 Å². The number of rotatable bonds is 54. The molecule has 0 bridgehead atoms. The lowest BCUT2D eigenvalue weighted by Gasteiger charge is -2.28. The van der Waals surface area contributed by atoms with Gasteiger partial charge in [-0.2, -0.15) is 0 Å². The third kappa shape index (κ3) is 48.7. The van der Waals surface area contributed by atoms with Crippen LogP contribution in [0.15, 0.2) is 0 Å². The lowest BCUT2D eigenvalue weighted by atomic mass is 10.1. The summed E-state index contributed by atoms with van der Waals surface area (Å²) in [5, 5.41) is 2.76. The summed E-state index contributed by atoms with van der Waals surface area (Å²) >= 11 is 0. The van der Waals surface area contributed by atoms with Gasteiger partial charge in [-0.05, 0) is 0 Å². The van der Waals surface area contributed by atoms with Gasteiger partial charge in [0.1, 0.15) is 18.9 Å². The average Bonchev–Trinajstić information content (AvgIpc) is 3.26. The minimum absolute atomic E-state index is 0.0799. The summed E-state index contributed by atoms with van der Waals surface area (Å²) in [4.78, 5) is 43.2. The molecule has 0 aliphatic carbocycles. The summed E-state index contributed by atoms with van der Waals surface area (Å²) < 4.78 is 81.7. The smallest absolute Gasteiger partial charge is 0.222 e. The number of carbonyl (C=O) groups excluding carboxylic acids is 4. The first kappa shape index (κ1) is 58.8. The Labute approximate surface area is 361 Å². The van der Waals surface area contributed by atoms with E-state index in [9.17, 15) is 19.2 Å². The topological polar surface area (TPSA) is 245 Å². The van der Waals surface area contributed by atoms with Gasteiger partial charge in [0.2, 0.25) is 5.91 Å². The van der Waals surface area contributed by atoms with Crippen molar-refractivity contribution in [3.05, 3.63) is 0 Å². The molecule has 0 aromatic heterocycles. The highest BCUT2D eigenvalue weighted by molar-refractivity contribution is 5.75. The van der Waals surface area contributed by atoms with E-state index in [2.05, 4.69) is 5.32 Å². The molecule has 0 aliphatic heterocycles. The molecule has 0 heterocycles. The Kier molecular flexibility index (Phi) is 48.7. The van der Waals surface area contributed by atoms with E-state index in [0.717, 1.165) is 18.9 Å². The maximum atomic E-state index is 12.1. The third-order valence-corrected chi connectivity index (χ3v) is 7.44. The van der Waals surface area contributed by atoms with Gasteiger partial charge in [-0.15, -0.1) is 0 Å². The van der Waals surface area contributed by atoms with Crippen LogP contribution in [0.25, 0.3) is 0 Å². The zero-order valence-electron chi connectivity index (χ0n) is 36.3. The largest absolute Gasteiger partial charge is 0.379 e. The number of hydrogen-bond donors (Lipinski definition) is 2. The van der Waals surface area contributed by atoms with Gasteiger partial charge in [-0.25, -0.2) is 0 Å². The molecule has 0 spiro atoms. The van der Waals surface area contributed by atoms with Gasteiger partial charge in [0.05, 0.1) is 204 Å². The SMILES string of the molecule is NC(COCCC=O)(COCCC=O)COCCC(=O)NCCOCCOCCOCCOCCOCCOCCOCCOCCOCCOCCOCCOCCC=O. The molecule has 0 aliphatic rings. The van der Waals surface area contributed by atoms with Crippen LogP contribution >= 0.6 is 0 Å². The first-order chi connectivity index (χ1) is 30.1. The number of amides is 1. The predicted molar refractivity (Wildman–Crippen MR) is 219 cm³/mol. The van der Waals surface area contributed by atoms with E-state index in [1.165, 1.54) is 0 Å². The molecule has 21 nitrogen and oxygen atoms in total. The second-order valence-electron chi connectivity index (χ2n) is 12.8. The Morgan fingerprint density at radius 1 is 0.344 bits per heavy atom. The van der Waals surface area contributed by atoms with Crippen molar-refractivity contribution < 1.29 is 90.2 Å². The lowest BCUT2D eigenvalue weighted by Crippen LogP contribution is -2.53. The summed E-state index contributed by atoms with van der Waals surface area (Å²) in [7, 11) is 0. The van der Waals surface area contributed by atoms with Crippen LogP contribution in [0.2, 0.25) is 0 Å². The van der Waals surface area contributed by atoms with Crippen LogP contribution < -0.4 is 11.1 Å². The molecule has 0 rings (SSSR count). The molecule has 0 unspecified atom stereocenters. The number of nitrogens with two attached hydrogens (primary N) is 1. The van der Waals surface area contributed by atoms with Crippen LogP contribution in [0.5, 0.6) is 0 Å². The van der Waals surface area contributed by atoms with Crippen LogP contribution in [-0.4, -0.2) is 235 Å². The monoisotopic (exact) mass is 889 g/mol. The van der Waals surface area contributed by atoms with Crippen molar-refractivity contribution in [3.63, 3.8) is 0 Å². The quantitative estimate of drug-likeness (QED) is 0.0561. The molecule has 0 radical (unpaired) electrons. The van der Waals surface area contributed by atoms with Crippen molar-refractivity contribution in [1.29, 1.82) is 0 Å².